The number of aryl methyl sites for hydroxylation is 2. The van der Waals surface area contributed by atoms with Gasteiger partial charge in [-0.1, -0.05) is 17.2 Å². The van der Waals surface area contributed by atoms with Gasteiger partial charge in [-0.2, -0.15) is 5.10 Å². The van der Waals surface area contributed by atoms with Gasteiger partial charge in [0.05, 0.1) is 30.7 Å². The summed E-state index contributed by atoms with van der Waals surface area (Å²) in [5.74, 6) is 1.41. The molecule has 2 heterocycles. The van der Waals surface area contributed by atoms with E-state index in [-0.39, 0.29) is 0 Å². The van der Waals surface area contributed by atoms with Crippen molar-refractivity contribution in [2.75, 3.05) is 12.4 Å². The third-order valence-electron chi connectivity index (χ3n) is 3.77. The zero-order valence-electron chi connectivity index (χ0n) is 13.6. The Balaban J connectivity index is 1.81. The van der Waals surface area contributed by atoms with Gasteiger partial charge in [0.25, 0.3) is 0 Å². The number of anilines is 2. The molecule has 0 radical (unpaired) electrons. The maximum absolute atomic E-state index is 5.17. The molecule has 0 unspecified atom stereocenters. The van der Waals surface area contributed by atoms with Crippen LogP contribution in [0.1, 0.15) is 17.0 Å². The third-order valence-corrected chi connectivity index (χ3v) is 3.77. The zero-order valence-corrected chi connectivity index (χ0v) is 13.6. The van der Waals surface area contributed by atoms with Crippen molar-refractivity contribution in [3.63, 3.8) is 0 Å². The molecule has 0 fully saturated rings. The van der Waals surface area contributed by atoms with Gasteiger partial charge >= 0.3 is 0 Å². The predicted octanol–water partition coefficient (Wildman–Crippen LogP) is 1.82. The summed E-state index contributed by atoms with van der Waals surface area (Å²) in [6.07, 6.45) is 0. The Labute approximate surface area is 134 Å². The van der Waals surface area contributed by atoms with E-state index in [1.54, 1.807) is 11.8 Å². The normalized spacial score (nSPS) is 10.8. The summed E-state index contributed by atoms with van der Waals surface area (Å²) < 4.78 is 8.71. The van der Waals surface area contributed by atoms with Crippen molar-refractivity contribution in [3.8, 4) is 5.75 Å². The van der Waals surface area contributed by atoms with Crippen LogP contribution in [-0.4, -0.2) is 37.1 Å². The van der Waals surface area contributed by atoms with Gasteiger partial charge in [0.2, 0.25) is 5.95 Å². The van der Waals surface area contributed by atoms with Gasteiger partial charge in [0.15, 0.2) is 0 Å². The number of benzene rings is 1. The van der Waals surface area contributed by atoms with Crippen LogP contribution in [0.15, 0.2) is 24.3 Å². The summed E-state index contributed by atoms with van der Waals surface area (Å²) in [5, 5.41) is 19.5. The van der Waals surface area contributed by atoms with Gasteiger partial charge in [-0.25, -0.2) is 4.68 Å². The number of tetrazole rings is 1. The highest BCUT2D eigenvalue weighted by Gasteiger charge is 2.13. The molecule has 0 saturated carbocycles. The number of methoxy groups -OCH3 is 1. The first kappa shape index (κ1) is 15.0. The van der Waals surface area contributed by atoms with Gasteiger partial charge in [-0.05, 0) is 42.0 Å². The summed E-state index contributed by atoms with van der Waals surface area (Å²) >= 11 is 0. The van der Waals surface area contributed by atoms with E-state index in [1.165, 1.54) is 0 Å². The van der Waals surface area contributed by atoms with Crippen molar-refractivity contribution in [2.24, 2.45) is 7.05 Å². The van der Waals surface area contributed by atoms with Crippen LogP contribution in [-0.2, 0) is 13.6 Å². The van der Waals surface area contributed by atoms with Gasteiger partial charge < -0.3 is 10.1 Å². The molecule has 0 atom stereocenters. The molecule has 0 bridgehead atoms. The Bertz CT molecular complexity index is 804. The molecule has 8 nitrogen and oxygen atoms in total. The minimum absolute atomic E-state index is 0.567. The number of hydrogen-bond acceptors (Lipinski definition) is 6. The van der Waals surface area contributed by atoms with Crippen molar-refractivity contribution in [1.29, 1.82) is 0 Å². The lowest BCUT2D eigenvalue weighted by atomic mass is 10.2. The number of ether oxygens (including phenoxy) is 1. The summed E-state index contributed by atoms with van der Waals surface area (Å²) in [6.45, 7) is 4.52. The van der Waals surface area contributed by atoms with E-state index >= 15 is 0 Å². The minimum Gasteiger partial charge on any atom is -0.497 e. The summed E-state index contributed by atoms with van der Waals surface area (Å²) in [7, 11) is 3.56. The molecule has 0 amide bonds. The second-order valence-corrected chi connectivity index (χ2v) is 5.30. The molecular formula is C15H19N7O. The summed E-state index contributed by atoms with van der Waals surface area (Å²) in [6, 6.07) is 7.82. The molecule has 0 aliphatic rings. The fourth-order valence-corrected chi connectivity index (χ4v) is 2.37. The maximum atomic E-state index is 5.17. The lowest BCUT2D eigenvalue weighted by Gasteiger charge is -2.08. The van der Waals surface area contributed by atoms with Crippen molar-refractivity contribution >= 4 is 11.6 Å². The first-order valence-corrected chi connectivity index (χ1v) is 7.25. The van der Waals surface area contributed by atoms with E-state index in [1.807, 2.05) is 49.8 Å². The highest BCUT2D eigenvalue weighted by Crippen LogP contribution is 2.22. The van der Waals surface area contributed by atoms with Gasteiger partial charge in [-0.15, -0.1) is 0 Å². The van der Waals surface area contributed by atoms with Crippen LogP contribution in [0.4, 0.5) is 11.6 Å². The molecule has 1 aromatic carbocycles. The largest absolute Gasteiger partial charge is 0.497 e. The Hall–Kier alpha value is -2.90. The Morgan fingerprint density at radius 1 is 1.17 bits per heavy atom. The van der Waals surface area contributed by atoms with Crippen LogP contribution in [0.3, 0.4) is 0 Å². The van der Waals surface area contributed by atoms with E-state index in [0.29, 0.717) is 12.5 Å². The average molecular weight is 313 g/mol. The smallest absolute Gasteiger partial charge is 0.247 e. The SMILES string of the molecule is COc1ccc(Cn2nnnc2Nc2c(C)nn(C)c2C)cc1. The van der Waals surface area contributed by atoms with E-state index in [4.69, 9.17) is 4.74 Å². The lowest BCUT2D eigenvalue weighted by molar-refractivity contribution is 0.414. The molecule has 3 aromatic rings. The molecule has 0 spiro atoms. The molecule has 8 heteroatoms. The van der Waals surface area contributed by atoms with Gasteiger partial charge in [0, 0.05) is 7.05 Å². The first-order chi connectivity index (χ1) is 11.1. The Morgan fingerprint density at radius 3 is 2.52 bits per heavy atom. The minimum atomic E-state index is 0.567. The van der Waals surface area contributed by atoms with Crippen molar-refractivity contribution in [3.05, 3.63) is 41.2 Å². The number of nitrogens with zero attached hydrogens (tertiary/aromatic N) is 6. The van der Waals surface area contributed by atoms with Crippen LogP contribution in [0, 0.1) is 13.8 Å². The van der Waals surface area contributed by atoms with Crippen LogP contribution < -0.4 is 10.1 Å². The monoisotopic (exact) mass is 313 g/mol. The van der Waals surface area contributed by atoms with Crippen molar-refractivity contribution in [1.82, 2.24) is 30.0 Å². The molecular weight excluding hydrogens is 294 g/mol. The zero-order chi connectivity index (χ0) is 16.4. The number of rotatable bonds is 5. The molecule has 1 N–H and O–H groups in total. The molecule has 2 aromatic heterocycles. The molecule has 3 rings (SSSR count). The lowest BCUT2D eigenvalue weighted by Crippen LogP contribution is -2.07. The average Bonchev–Trinajstić information content (AvgIpc) is 3.08. The molecule has 23 heavy (non-hydrogen) atoms. The van der Waals surface area contributed by atoms with Crippen molar-refractivity contribution < 1.29 is 4.74 Å². The van der Waals surface area contributed by atoms with Crippen LogP contribution in [0.25, 0.3) is 0 Å². The fraction of sp³-hybridized carbons (Fsp3) is 0.333. The predicted molar refractivity (Wildman–Crippen MR) is 85.9 cm³/mol. The highest BCUT2D eigenvalue weighted by atomic mass is 16.5. The van der Waals surface area contributed by atoms with E-state index in [2.05, 4.69) is 25.9 Å². The van der Waals surface area contributed by atoms with Crippen LogP contribution in [0.5, 0.6) is 5.75 Å². The molecule has 0 aliphatic heterocycles. The van der Waals surface area contributed by atoms with Crippen LogP contribution >= 0.6 is 0 Å². The number of aromatic nitrogens is 6. The second kappa shape index (κ2) is 6.07. The quantitative estimate of drug-likeness (QED) is 0.773. The fourth-order valence-electron chi connectivity index (χ4n) is 2.37. The van der Waals surface area contributed by atoms with Gasteiger partial charge in [-0.3, -0.25) is 4.68 Å². The summed E-state index contributed by atoms with van der Waals surface area (Å²) in [5.41, 5.74) is 3.95. The molecule has 120 valence electrons. The first-order valence-electron chi connectivity index (χ1n) is 7.25. The van der Waals surface area contributed by atoms with E-state index in [0.717, 1.165) is 28.4 Å². The molecule has 0 aliphatic carbocycles. The third kappa shape index (κ3) is 3.01. The van der Waals surface area contributed by atoms with Gasteiger partial charge in [0.1, 0.15) is 5.75 Å². The highest BCUT2D eigenvalue weighted by molar-refractivity contribution is 5.59. The van der Waals surface area contributed by atoms with E-state index < -0.39 is 0 Å². The van der Waals surface area contributed by atoms with E-state index in [9.17, 15) is 0 Å². The Morgan fingerprint density at radius 2 is 1.91 bits per heavy atom. The maximum Gasteiger partial charge on any atom is 0.247 e. The Kier molecular flexibility index (Phi) is 3.96. The topological polar surface area (TPSA) is 82.7 Å². The number of nitrogens with one attached hydrogen (secondary N) is 1. The van der Waals surface area contributed by atoms with Crippen LogP contribution in [0.2, 0.25) is 0 Å². The number of hydrogen-bond donors (Lipinski definition) is 1. The van der Waals surface area contributed by atoms with Crippen molar-refractivity contribution in [2.45, 2.75) is 20.4 Å². The molecule has 0 saturated heterocycles. The second-order valence-electron chi connectivity index (χ2n) is 5.30. The summed E-state index contributed by atoms with van der Waals surface area (Å²) in [4.78, 5) is 0. The standard InChI is InChI=1S/C15H19N7O/c1-10-14(11(2)21(3)18-10)16-15-17-19-20-22(15)9-12-5-7-13(23-4)8-6-12/h5-8H,9H2,1-4H3,(H,16,17,20).